The zero-order chi connectivity index (χ0) is 17.3. The first-order chi connectivity index (χ1) is 11.5. The van der Waals surface area contributed by atoms with Crippen molar-refractivity contribution in [1.29, 1.82) is 0 Å². The van der Waals surface area contributed by atoms with E-state index in [1.165, 1.54) is 4.74 Å². The van der Waals surface area contributed by atoms with E-state index in [-0.39, 0.29) is 5.56 Å². The monoisotopic (exact) mass is 322 g/mol. The molecule has 1 aromatic heterocycles. The molecule has 0 saturated carbocycles. The van der Waals surface area contributed by atoms with Gasteiger partial charge >= 0.3 is 5.63 Å². The molecule has 0 atom stereocenters. The Morgan fingerprint density at radius 1 is 1.04 bits per heavy atom. The van der Waals surface area contributed by atoms with Crippen LogP contribution < -0.4 is 10.9 Å². The Hall–Kier alpha value is -3.08. The summed E-state index contributed by atoms with van der Waals surface area (Å²) in [6.07, 6.45) is 0. The molecule has 0 aliphatic heterocycles. The number of nitrogens with zero attached hydrogens (tertiary/aromatic N) is 1. The molecule has 122 valence electrons. The molecule has 0 spiro atoms. The first kappa shape index (κ1) is 15.8. The van der Waals surface area contributed by atoms with Gasteiger partial charge < -0.3 is 9.84 Å². The van der Waals surface area contributed by atoms with E-state index >= 15 is 0 Å². The molecule has 2 aromatic carbocycles. The van der Waals surface area contributed by atoms with Gasteiger partial charge in [-0.1, -0.05) is 36.4 Å². The number of anilines is 1. The van der Waals surface area contributed by atoms with Gasteiger partial charge in [-0.3, -0.25) is 4.79 Å². The lowest BCUT2D eigenvalue weighted by Gasteiger charge is -2.08. The number of aromatic nitrogens is 1. The molecule has 3 rings (SSSR count). The minimum atomic E-state index is -0.654. The number of rotatable bonds is 3. The molecular formula is C19H18N2O3. The summed E-state index contributed by atoms with van der Waals surface area (Å²) in [4.78, 5) is 24.8. The van der Waals surface area contributed by atoms with E-state index < -0.39 is 11.5 Å². The molecule has 0 aliphatic rings. The SMILES string of the molecule is Cc1cc(C)cc(NC(=O)c2c(-c3ccccc3)n(C)oc2=O)c1. The smallest absolute Gasteiger partial charge is 0.335 e. The van der Waals surface area contributed by atoms with Gasteiger partial charge in [-0.05, 0) is 37.1 Å². The van der Waals surface area contributed by atoms with Crippen LogP contribution in [0.5, 0.6) is 0 Å². The summed E-state index contributed by atoms with van der Waals surface area (Å²) in [5, 5.41) is 2.79. The Morgan fingerprint density at radius 2 is 1.67 bits per heavy atom. The highest BCUT2D eigenvalue weighted by molar-refractivity contribution is 6.07. The number of nitrogens with one attached hydrogen (secondary N) is 1. The van der Waals surface area contributed by atoms with Crippen molar-refractivity contribution < 1.29 is 9.32 Å². The van der Waals surface area contributed by atoms with Gasteiger partial charge in [-0.15, -0.1) is 0 Å². The maximum Gasteiger partial charge on any atom is 0.370 e. The topological polar surface area (TPSA) is 64.2 Å². The van der Waals surface area contributed by atoms with E-state index in [0.29, 0.717) is 11.4 Å². The largest absolute Gasteiger partial charge is 0.370 e. The third kappa shape index (κ3) is 3.01. The van der Waals surface area contributed by atoms with Crippen molar-refractivity contribution in [2.75, 3.05) is 5.32 Å². The zero-order valence-corrected chi connectivity index (χ0v) is 13.8. The third-order valence-corrected chi connectivity index (χ3v) is 3.73. The molecule has 5 heteroatoms. The highest BCUT2D eigenvalue weighted by atomic mass is 16.5. The van der Waals surface area contributed by atoms with Gasteiger partial charge in [-0.2, -0.15) is 0 Å². The van der Waals surface area contributed by atoms with Gasteiger partial charge in [-0.25, -0.2) is 9.53 Å². The van der Waals surface area contributed by atoms with E-state index in [0.717, 1.165) is 16.7 Å². The van der Waals surface area contributed by atoms with Crippen molar-refractivity contribution in [2.45, 2.75) is 13.8 Å². The van der Waals surface area contributed by atoms with Crippen LogP contribution in [-0.4, -0.2) is 10.6 Å². The molecule has 3 aromatic rings. The Kier molecular flexibility index (Phi) is 4.08. The maximum atomic E-state index is 12.7. The molecule has 24 heavy (non-hydrogen) atoms. The minimum absolute atomic E-state index is 0.00265. The molecule has 1 heterocycles. The van der Waals surface area contributed by atoms with Gasteiger partial charge in [0.25, 0.3) is 5.91 Å². The second-order valence-electron chi connectivity index (χ2n) is 5.80. The number of carbonyl (C=O) groups is 1. The summed E-state index contributed by atoms with van der Waals surface area (Å²) in [6, 6.07) is 15.0. The second-order valence-corrected chi connectivity index (χ2v) is 5.80. The summed E-state index contributed by atoms with van der Waals surface area (Å²) >= 11 is 0. The lowest BCUT2D eigenvalue weighted by atomic mass is 10.1. The Balaban J connectivity index is 2.03. The van der Waals surface area contributed by atoms with Crippen molar-refractivity contribution in [3.05, 3.63) is 75.6 Å². The van der Waals surface area contributed by atoms with Crippen molar-refractivity contribution in [2.24, 2.45) is 7.05 Å². The van der Waals surface area contributed by atoms with E-state index in [1.807, 2.05) is 62.4 Å². The number of aryl methyl sites for hydroxylation is 3. The van der Waals surface area contributed by atoms with Gasteiger partial charge in [0.2, 0.25) is 0 Å². The molecule has 0 unspecified atom stereocenters. The van der Waals surface area contributed by atoms with Crippen LogP contribution in [0.4, 0.5) is 5.69 Å². The van der Waals surface area contributed by atoms with E-state index in [4.69, 9.17) is 4.52 Å². The summed E-state index contributed by atoms with van der Waals surface area (Å²) in [5.74, 6) is -0.479. The van der Waals surface area contributed by atoms with Crippen LogP contribution in [0.25, 0.3) is 11.3 Å². The molecule has 0 radical (unpaired) electrons. The molecule has 1 amide bonds. The Bertz CT molecular complexity index is 932. The fourth-order valence-corrected chi connectivity index (χ4v) is 2.83. The van der Waals surface area contributed by atoms with Crippen molar-refractivity contribution in [3.63, 3.8) is 0 Å². The molecule has 1 N–H and O–H groups in total. The minimum Gasteiger partial charge on any atom is -0.335 e. The normalized spacial score (nSPS) is 10.6. The predicted octanol–water partition coefficient (Wildman–Crippen LogP) is 3.51. The summed E-state index contributed by atoms with van der Waals surface area (Å²) in [5.41, 5.74) is 3.28. The molecular weight excluding hydrogens is 304 g/mol. The molecule has 0 bridgehead atoms. The third-order valence-electron chi connectivity index (χ3n) is 3.73. The number of amides is 1. The molecule has 0 saturated heterocycles. The highest BCUT2D eigenvalue weighted by Gasteiger charge is 2.23. The van der Waals surface area contributed by atoms with Crippen LogP contribution in [0.15, 0.2) is 57.8 Å². The average molecular weight is 322 g/mol. The molecule has 0 fully saturated rings. The predicted molar refractivity (Wildman–Crippen MR) is 93.3 cm³/mol. The first-order valence-corrected chi connectivity index (χ1v) is 7.61. The summed E-state index contributed by atoms with van der Waals surface area (Å²) in [6.45, 7) is 3.91. The van der Waals surface area contributed by atoms with Crippen LogP contribution in [-0.2, 0) is 7.05 Å². The van der Waals surface area contributed by atoms with Gasteiger partial charge in [0, 0.05) is 18.3 Å². The Morgan fingerprint density at radius 3 is 2.29 bits per heavy atom. The fraction of sp³-hybridized carbons (Fsp3) is 0.158. The van der Waals surface area contributed by atoms with Crippen LogP contribution in [0.1, 0.15) is 21.5 Å². The van der Waals surface area contributed by atoms with E-state index in [2.05, 4.69) is 5.32 Å². The highest BCUT2D eigenvalue weighted by Crippen LogP contribution is 2.23. The molecule has 5 nitrogen and oxygen atoms in total. The van der Waals surface area contributed by atoms with Crippen LogP contribution in [0, 0.1) is 13.8 Å². The van der Waals surface area contributed by atoms with Crippen LogP contribution >= 0.6 is 0 Å². The van der Waals surface area contributed by atoms with Gasteiger partial charge in [0.05, 0.1) is 0 Å². The van der Waals surface area contributed by atoms with Crippen LogP contribution in [0.3, 0.4) is 0 Å². The van der Waals surface area contributed by atoms with Crippen LogP contribution in [0.2, 0.25) is 0 Å². The molecule has 0 aliphatic carbocycles. The zero-order valence-electron chi connectivity index (χ0n) is 13.8. The standard InChI is InChI=1S/C19H18N2O3/c1-12-9-13(2)11-15(10-12)20-18(22)16-17(21(3)24-19(16)23)14-7-5-4-6-8-14/h4-11H,1-3H3,(H,20,22). The van der Waals surface area contributed by atoms with Crippen molar-refractivity contribution in [3.8, 4) is 11.3 Å². The Labute approximate surface area is 139 Å². The van der Waals surface area contributed by atoms with Crippen molar-refractivity contribution >= 4 is 11.6 Å². The maximum absolute atomic E-state index is 12.7. The number of hydrogen-bond acceptors (Lipinski definition) is 3. The quantitative estimate of drug-likeness (QED) is 0.802. The van der Waals surface area contributed by atoms with Gasteiger partial charge in [0.15, 0.2) is 5.56 Å². The van der Waals surface area contributed by atoms with Gasteiger partial charge in [0.1, 0.15) is 5.69 Å². The number of benzene rings is 2. The number of hydrogen-bond donors (Lipinski definition) is 1. The van der Waals surface area contributed by atoms with E-state index in [9.17, 15) is 9.59 Å². The summed E-state index contributed by atoms with van der Waals surface area (Å²) in [7, 11) is 1.61. The number of carbonyl (C=O) groups excluding carboxylic acids is 1. The summed E-state index contributed by atoms with van der Waals surface area (Å²) < 4.78 is 6.43. The lowest BCUT2D eigenvalue weighted by Crippen LogP contribution is -2.19. The lowest BCUT2D eigenvalue weighted by molar-refractivity contribution is 0.102. The first-order valence-electron chi connectivity index (χ1n) is 7.61. The van der Waals surface area contributed by atoms with Crippen molar-refractivity contribution in [1.82, 2.24) is 4.74 Å². The average Bonchev–Trinajstić information content (AvgIpc) is 2.81. The van der Waals surface area contributed by atoms with E-state index in [1.54, 1.807) is 7.05 Å². The second kappa shape index (κ2) is 6.20. The fourth-order valence-electron chi connectivity index (χ4n) is 2.83.